The fourth-order valence-corrected chi connectivity index (χ4v) is 2.25. The van der Waals surface area contributed by atoms with Crippen LogP contribution in [0.25, 0.3) is 0 Å². The van der Waals surface area contributed by atoms with E-state index in [1.54, 1.807) is 12.1 Å². The molecular weight excluding hydrogens is 255 g/mol. The molecule has 0 spiro atoms. The number of hydrogen-bond donors (Lipinski definition) is 2. The van der Waals surface area contributed by atoms with Crippen molar-refractivity contribution in [1.29, 1.82) is 0 Å². The van der Waals surface area contributed by atoms with Gasteiger partial charge >= 0.3 is 0 Å². The predicted molar refractivity (Wildman–Crippen MR) is 77.6 cm³/mol. The summed E-state index contributed by atoms with van der Waals surface area (Å²) in [6.45, 7) is 1.88. The number of nitrogens with two attached hydrogens (primary N) is 1. The summed E-state index contributed by atoms with van der Waals surface area (Å²) in [5, 5.41) is 3.14. The number of anilines is 1. The molecule has 0 fully saturated rings. The molecule has 0 aliphatic rings. The lowest BCUT2D eigenvalue weighted by molar-refractivity contribution is -0.122. The second kappa shape index (κ2) is 5.74. The summed E-state index contributed by atoms with van der Waals surface area (Å²) in [7, 11) is 0. The minimum atomic E-state index is -1.00. The van der Waals surface area contributed by atoms with Gasteiger partial charge in [0.2, 0.25) is 5.91 Å². The molecule has 2 aromatic rings. The summed E-state index contributed by atoms with van der Waals surface area (Å²) in [4.78, 5) is 12.0. The van der Waals surface area contributed by atoms with Gasteiger partial charge in [0.05, 0.1) is 0 Å². The van der Waals surface area contributed by atoms with E-state index in [1.807, 2.05) is 37.3 Å². The summed E-state index contributed by atoms with van der Waals surface area (Å²) in [5.41, 5.74) is 6.06. The van der Waals surface area contributed by atoms with E-state index >= 15 is 0 Å². The van der Waals surface area contributed by atoms with Crippen LogP contribution >= 0.6 is 0 Å². The Balaban J connectivity index is 2.42. The number of primary amides is 1. The van der Waals surface area contributed by atoms with Crippen LogP contribution in [0.3, 0.4) is 0 Å². The van der Waals surface area contributed by atoms with E-state index in [4.69, 9.17) is 5.73 Å². The van der Waals surface area contributed by atoms with Crippen LogP contribution in [0.4, 0.5) is 10.1 Å². The van der Waals surface area contributed by atoms with E-state index in [-0.39, 0.29) is 5.82 Å². The third kappa shape index (κ3) is 2.64. The zero-order chi connectivity index (χ0) is 14.6. The van der Waals surface area contributed by atoms with Crippen molar-refractivity contribution >= 4 is 11.6 Å². The summed E-state index contributed by atoms with van der Waals surface area (Å²) in [5.74, 6) is -0.785. The van der Waals surface area contributed by atoms with Gasteiger partial charge in [-0.05, 0) is 36.2 Å². The molecule has 3 nitrogen and oxygen atoms in total. The number of rotatable bonds is 5. The van der Waals surface area contributed by atoms with Crippen LogP contribution in [0.2, 0.25) is 0 Å². The van der Waals surface area contributed by atoms with Gasteiger partial charge in [0.15, 0.2) is 0 Å². The molecule has 0 radical (unpaired) electrons. The number of benzene rings is 2. The van der Waals surface area contributed by atoms with Crippen molar-refractivity contribution in [2.45, 2.75) is 18.9 Å². The molecule has 20 heavy (non-hydrogen) atoms. The number of carbonyl (C=O) groups excluding carboxylic acids is 1. The minimum Gasteiger partial charge on any atom is -0.368 e. The zero-order valence-corrected chi connectivity index (χ0v) is 11.3. The van der Waals surface area contributed by atoms with Crippen molar-refractivity contribution in [3.63, 3.8) is 0 Å². The molecule has 1 amide bonds. The largest absolute Gasteiger partial charge is 0.368 e. The Hall–Kier alpha value is -2.36. The van der Waals surface area contributed by atoms with Gasteiger partial charge in [-0.25, -0.2) is 4.39 Å². The zero-order valence-electron chi connectivity index (χ0n) is 11.3. The van der Waals surface area contributed by atoms with Crippen molar-refractivity contribution < 1.29 is 9.18 Å². The number of hydrogen-bond acceptors (Lipinski definition) is 2. The van der Waals surface area contributed by atoms with Crippen molar-refractivity contribution in [3.8, 4) is 0 Å². The number of carbonyl (C=O) groups is 1. The molecule has 3 N–H and O–H groups in total. The quantitative estimate of drug-likeness (QED) is 0.879. The van der Waals surface area contributed by atoms with E-state index in [0.717, 1.165) is 5.56 Å². The van der Waals surface area contributed by atoms with Gasteiger partial charge < -0.3 is 11.1 Å². The average molecular weight is 272 g/mol. The van der Waals surface area contributed by atoms with E-state index < -0.39 is 11.4 Å². The maximum absolute atomic E-state index is 13.0. The van der Waals surface area contributed by atoms with Crippen LogP contribution < -0.4 is 11.1 Å². The van der Waals surface area contributed by atoms with Gasteiger partial charge in [0.1, 0.15) is 11.4 Å². The van der Waals surface area contributed by atoms with Crippen LogP contribution in [0, 0.1) is 5.82 Å². The van der Waals surface area contributed by atoms with Crippen molar-refractivity contribution in [3.05, 3.63) is 66.0 Å². The maximum atomic E-state index is 13.0. The topological polar surface area (TPSA) is 55.1 Å². The summed E-state index contributed by atoms with van der Waals surface area (Å²) in [6, 6.07) is 15.2. The maximum Gasteiger partial charge on any atom is 0.247 e. The Morgan fingerprint density at radius 3 is 2.25 bits per heavy atom. The molecule has 0 aliphatic carbocycles. The molecule has 1 atom stereocenters. The van der Waals surface area contributed by atoms with E-state index in [1.165, 1.54) is 12.1 Å². The Labute approximate surface area is 117 Å². The molecule has 104 valence electrons. The Morgan fingerprint density at radius 1 is 1.15 bits per heavy atom. The number of nitrogens with one attached hydrogen (secondary N) is 1. The molecular formula is C16H17FN2O. The van der Waals surface area contributed by atoms with Crippen molar-refractivity contribution in [2.75, 3.05) is 5.32 Å². The molecule has 1 unspecified atom stereocenters. The van der Waals surface area contributed by atoms with E-state index in [0.29, 0.717) is 12.1 Å². The van der Waals surface area contributed by atoms with E-state index in [2.05, 4.69) is 5.32 Å². The fourth-order valence-electron chi connectivity index (χ4n) is 2.25. The monoisotopic (exact) mass is 272 g/mol. The standard InChI is InChI=1S/C16H17FN2O/c1-2-16(15(18)20,12-6-4-3-5-7-12)19-14-10-8-13(17)9-11-14/h3-11,19H,2H2,1H3,(H2,18,20). The lowest BCUT2D eigenvalue weighted by atomic mass is 9.86. The Morgan fingerprint density at radius 2 is 1.75 bits per heavy atom. The average Bonchev–Trinajstić information content (AvgIpc) is 2.47. The second-order valence-electron chi connectivity index (χ2n) is 4.62. The molecule has 0 saturated heterocycles. The highest BCUT2D eigenvalue weighted by molar-refractivity contribution is 5.89. The third-order valence-electron chi connectivity index (χ3n) is 3.42. The SMILES string of the molecule is CCC(Nc1ccc(F)cc1)(C(N)=O)c1ccccc1. The van der Waals surface area contributed by atoms with Crippen LogP contribution in [-0.4, -0.2) is 5.91 Å². The molecule has 0 aromatic heterocycles. The Bertz CT molecular complexity index is 583. The number of halogens is 1. The smallest absolute Gasteiger partial charge is 0.247 e. The highest BCUT2D eigenvalue weighted by Gasteiger charge is 2.36. The molecule has 0 bridgehead atoms. The predicted octanol–water partition coefficient (Wildman–Crippen LogP) is 3.03. The molecule has 2 rings (SSSR count). The fraction of sp³-hybridized carbons (Fsp3) is 0.188. The minimum absolute atomic E-state index is 0.323. The molecule has 4 heteroatoms. The van der Waals surface area contributed by atoms with Gasteiger partial charge in [0, 0.05) is 5.69 Å². The van der Waals surface area contributed by atoms with Crippen LogP contribution in [0.15, 0.2) is 54.6 Å². The van der Waals surface area contributed by atoms with Crippen molar-refractivity contribution in [2.24, 2.45) is 5.73 Å². The van der Waals surface area contributed by atoms with Crippen LogP contribution in [0.5, 0.6) is 0 Å². The highest BCUT2D eigenvalue weighted by Crippen LogP contribution is 2.29. The van der Waals surface area contributed by atoms with Gasteiger partial charge in [-0.1, -0.05) is 37.3 Å². The first-order valence-electron chi connectivity index (χ1n) is 6.47. The Kier molecular flexibility index (Phi) is 4.03. The van der Waals surface area contributed by atoms with Gasteiger partial charge in [0.25, 0.3) is 0 Å². The van der Waals surface area contributed by atoms with Crippen molar-refractivity contribution in [1.82, 2.24) is 0 Å². The van der Waals surface area contributed by atoms with Crippen LogP contribution in [0.1, 0.15) is 18.9 Å². The summed E-state index contributed by atoms with van der Waals surface area (Å²) in [6.07, 6.45) is 0.490. The van der Waals surface area contributed by atoms with Crippen LogP contribution in [-0.2, 0) is 10.3 Å². The summed E-state index contributed by atoms with van der Waals surface area (Å²) >= 11 is 0. The van der Waals surface area contributed by atoms with Gasteiger partial charge in [-0.3, -0.25) is 4.79 Å². The highest BCUT2D eigenvalue weighted by atomic mass is 19.1. The first kappa shape index (κ1) is 14.1. The molecule has 0 saturated carbocycles. The first-order chi connectivity index (χ1) is 9.58. The van der Waals surface area contributed by atoms with Gasteiger partial charge in [-0.2, -0.15) is 0 Å². The third-order valence-corrected chi connectivity index (χ3v) is 3.42. The molecule has 2 aromatic carbocycles. The lowest BCUT2D eigenvalue weighted by Crippen LogP contribution is -2.47. The summed E-state index contributed by atoms with van der Waals surface area (Å²) < 4.78 is 13.0. The van der Waals surface area contributed by atoms with Gasteiger partial charge in [-0.15, -0.1) is 0 Å². The second-order valence-corrected chi connectivity index (χ2v) is 4.62. The van der Waals surface area contributed by atoms with E-state index in [9.17, 15) is 9.18 Å². The first-order valence-corrected chi connectivity index (χ1v) is 6.47. The normalized spacial score (nSPS) is 13.5. The lowest BCUT2D eigenvalue weighted by Gasteiger charge is -2.32. The number of amides is 1. The molecule has 0 aliphatic heterocycles. The molecule has 0 heterocycles.